The molecule has 1 atom stereocenters. The zero-order valence-electron chi connectivity index (χ0n) is 16.7. The van der Waals surface area contributed by atoms with Gasteiger partial charge in [-0.05, 0) is 54.8 Å². The number of carbonyl (C=O) groups excluding carboxylic acids is 1. The molecule has 0 saturated heterocycles. The Balaban J connectivity index is 1.70. The number of hydrogen-bond acceptors (Lipinski definition) is 4. The minimum absolute atomic E-state index is 0.00885. The fraction of sp³-hybridized carbons (Fsp3) is 0.435. The Morgan fingerprint density at radius 2 is 1.56 bits per heavy atom. The summed E-state index contributed by atoms with van der Waals surface area (Å²) in [7, 11) is 3.22. The first-order valence-electron chi connectivity index (χ1n) is 9.68. The Labute approximate surface area is 162 Å². The van der Waals surface area contributed by atoms with E-state index in [0.717, 1.165) is 43.6 Å². The molecule has 27 heavy (non-hydrogen) atoms. The van der Waals surface area contributed by atoms with E-state index in [9.17, 15) is 4.79 Å². The van der Waals surface area contributed by atoms with Crippen LogP contribution in [0.1, 0.15) is 40.9 Å². The van der Waals surface area contributed by atoms with Crippen LogP contribution in [0.4, 0.5) is 0 Å². The SMILES string of the molecule is CCN(CC)Cc1ccc(CC2Cc3cc(OC)c(OC)cc3C2=O)cc1. The van der Waals surface area contributed by atoms with E-state index in [4.69, 9.17) is 9.47 Å². The predicted octanol–water partition coefficient (Wildman–Crippen LogP) is 4.14. The molecule has 4 nitrogen and oxygen atoms in total. The Morgan fingerprint density at radius 3 is 2.15 bits per heavy atom. The van der Waals surface area contributed by atoms with Gasteiger partial charge in [-0.15, -0.1) is 0 Å². The van der Waals surface area contributed by atoms with Crippen molar-refractivity contribution in [3.63, 3.8) is 0 Å². The number of Topliss-reactive ketones (excluding diaryl/α,β-unsaturated/α-hetero) is 1. The van der Waals surface area contributed by atoms with E-state index >= 15 is 0 Å². The fourth-order valence-electron chi connectivity index (χ4n) is 3.83. The number of ether oxygens (including phenoxy) is 2. The second kappa shape index (κ2) is 8.57. The number of methoxy groups -OCH3 is 2. The molecule has 2 aromatic carbocycles. The van der Waals surface area contributed by atoms with Crippen molar-refractivity contribution in [3.8, 4) is 11.5 Å². The summed E-state index contributed by atoms with van der Waals surface area (Å²) >= 11 is 0. The summed E-state index contributed by atoms with van der Waals surface area (Å²) in [6.45, 7) is 7.46. The molecule has 0 aliphatic heterocycles. The van der Waals surface area contributed by atoms with Crippen LogP contribution in [0.5, 0.6) is 11.5 Å². The molecule has 0 bridgehead atoms. The minimum atomic E-state index is -0.00885. The quantitative estimate of drug-likeness (QED) is 0.703. The van der Waals surface area contributed by atoms with Crippen LogP contribution < -0.4 is 9.47 Å². The van der Waals surface area contributed by atoms with Crippen molar-refractivity contribution in [1.29, 1.82) is 0 Å². The van der Waals surface area contributed by atoms with Gasteiger partial charge in [-0.3, -0.25) is 9.69 Å². The molecule has 0 amide bonds. The lowest BCUT2D eigenvalue weighted by atomic mass is 9.95. The Morgan fingerprint density at radius 1 is 0.963 bits per heavy atom. The number of nitrogens with zero attached hydrogens (tertiary/aromatic N) is 1. The second-order valence-corrected chi connectivity index (χ2v) is 7.11. The van der Waals surface area contributed by atoms with Crippen LogP contribution in [-0.2, 0) is 19.4 Å². The highest BCUT2D eigenvalue weighted by Crippen LogP contribution is 2.37. The van der Waals surface area contributed by atoms with Gasteiger partial charge in [0, 0.05) is 18.0 Å². The summed E-state index contributed by atoms with van der Waals surface area (Å²) in [6, 6.07) is 12.5. The summed E-state index contributed by atoms with van der Waals surface area (Å²) in [5.74, 6) is 1.50. The predicted molar refractivity (Wildman–Crippen MR) is 108 cm³/mol. The van der Waals surface area contributed by atoms with Gasteiger partial charge in [0.05, 0.1) is 14.2 Å². The standard InChI is InChI=1S/C23H29NO3/c1-5-24(6-2)15-17-9-7-16(8-10-17)11-19-12-18-13-21(26-3)22(27-4)14-20(18)23(19)25/h7-10,13-14,19H,5-6,11-12,15H2,1-4H3. The molecule has 0 aromatic heterocycles. The molecular formula is C23H29NO3. The Bertz CT molecular complexity index is 794. The van der Waals surface area contributed by atoms with Gasteiger partial charge in [-0.25, -0.2) is 0 Å². The molecule has 0 N–H and O–H groups in total. The van der Waals surface area contributed by atoms with Gasteiger partial charge in [0.2, 0.25) is 0 Å². The van der Waals surface area contributed by atoms with E-state index in [1.165, 1.54) is 11.1 Å². The molecule has 4 heteroatoms. The van der Waals surface area contributed by atoms with Crippen molar-refractivity contribution in [2.24, 2.45) is 5.92 Å². The monoisotopic (exact) mass is 367 g/mol. The first-order valence-corrected chi connectivity index (χ1v) is 9.68. The van der Waals surface area contributed by atoms with Crippen LogP contribution in [0.3, 0.4) is 0 Å². The number of benzene rings is 2. The van der Waals surface area contributed by atoms with Crippen molar-refractivity contribution in [2.45, 2.75) is 33.2 Å². The highest BCUT2D eigenvalue weighted by Gasteiger charge is 2.32. The molecule has 0 fully saturated rings. The molecule has 3 rings (SSSR count). The third kappa shape index (κ3) is 4.16. The molecule has 1 aliphatic rings. The van der Waals surface area contributed by atoms with Crippen LogP contribution in [0.25, 0.3) is 0 Å². The molecule has 0 spiro atoms. The van der Waals surface area contributed by atoms with Crippen LogP contribution in [0.2, 0.25) is 0 Å². The van der Waals surface area contributed by atoms with Crippen LogP contribution in [0.15, 0.2) is 36.4 Å². The second-order valence-electron chi connectivity index (χ2n) is 7.11. The lowest BCUT2D eigenvalue weighted by Gasteiger charge is -2.18. The minimum Gasteiger partial charge on any atom is -0.493 e. The van der Waals surface area contributed by atoms with Gasteiger partial charge in [-0.2, -0.15) is 0 Å². The van der Waals surface area contributed by atoms with Crippen molar-refractivity contribution in [1.82, 2.24) is 4.90 Å². The highest BCUT2D eigenvalue weighted by atomic mass is 16.5. The van der Waals surface area contributed by atoms with E-state index in [2.05, 4.69) is 43.0 Å². The van der Waals surface area contributed by atoms with E-state index in [-0.39, 0.29) is 11.7 Å². The Kier molecular flexibility index (Phi) is 6.17. The number of hydrogen-bond donors (Lipinski definition) is 0. The molecule has 0 radical (unpaired) electrons. The largest absolute Gasteiger partial charge is 0.493 e. The van der Waals surface area contributed by atoms with E-state index < -0.39 is 0 Å². The third-order valence-electron chi connectivity index (χ3n) is 5.52. The zero-order valence-corrected chi connectivity index (χ0v) is 16.7. The van der Waals surface area contributed by atoms with Crippen molar-refractivity contribution >= 4 is 5.78 Å². The summed E-state index contributed by atoms with van der Waals surface area (Å²) < 4.78 is 10.7. The number of carbonyl (C=O) groups is 1. The number of rotatable bonds is 8. The van der Waals surface area contributed by atoms with E-state index in [1.807, 2.05) is 12.1 Å². The highest BCUT2D eigenvalue weighted by molar-refractivity contribution is 6.03. The maximum atomic E-state index is 12.9. The Hall–Kier alpha value is -2.33. The molecule has 1 aliphatic carbocycles. The first kappa shape index (κ1) is 19.4. The average molecular weight is 367 g/mol. The molecular weight excluding hydrogens is 338 g/mol. The normalized spacial score (nSPS) is 15.9. The van der Waals surface area contributed by atoms with Gasteiger partial charge in [0.25, 0.3) is 0 Å². The summed E-state index contributed by atoms with van der Waals surface area (Å²) in [5, 5.41) is 0. The van der Waals surface area contributed by atoms with Gasteiger partial charge >= 0.3 is 0 Å². The van der Waals surface area contributed by atoms with Crippen molar-refractivity contribution < 1.29 is 14.3 Å². The van der Waals surface area contributed by atoms with E-state index in [1.54, 1.807) is 14.2 Å². The fourth-order valence-corrected chi connectivity index (χ4v) is 3.83. The van der Waals surface area contributed by atoms with Crippen LogP contribution >= 0.6 is 0 Å². The van der Waals surface area contributed by atoms with Gasteiger partial charge < -0.3 is 9.47 Å². The van der Waals surface area contributed by atoms with Crippen LogP contribution in [-0.4, -0.2) is 38.0 Å². The lowest BCUT2D eigenvalue weighted by molar-refractivity contribution is 0.0936. The molecule has 1 unspecified atom stereocenters. The summed E-state index contributed by atoms with van der Waals surface area (Å²) in [5.41, 5.74) is 4.36. The van der Waals surface area contributed by atoms with Gasteiger partial charge in [0.1, 0.15) is 0 Å². The maximum Gasteiger partial charge on any atom is 0.167 e. The van der Waals surface area contributed by atoms with Gasteiger partial charge in [0.15, 0.2) is 17.3 Å². The zero-order chi connectivity index (χ0) is 19.4. The number of fused-ring (bicyclic) bond motifs is 1. The molecule has 144 valence electrons. The number of ketones is 1. The summed E-state index contributed by atoms with van der Waals surface area (Å²) in [4.78, 5) is 15.3. The maximum absolute atomic E-state index is 12.9. The molecule has 0 heterocycles. The van der Waals surface area contributed by atoms with Crippen LogP contribution in [0, 0.1) is 5.92 Å². The first-order chi connectivity index (χ1) is 13.1. The average Bonchev–Trinajstić information content (AvgIpc) is 3.00. The lowest BCUT2D eigenvalue weighted by Crippen LogP contribution is -2.22. The van der Waals surface area contributed by atoms with Gasteiger partial charge in [-0.1, -0.05) is 38.1 Å². The topological polar surface area (TPSA) is 38.8 Å². The molecule has 2 aromatic rings. The van der Waals surface area contributed by atoms with E-state index in [0.29, 0.717) is 11.5 Å². The van der Waals surface area contributed by atoms with Crippen molar-refractivity contribution in [3.05, 3.63) is 58.7 Å². The third-order valence-corrected chi connectivity index (χ3v) is 5.52. The smallest absolute Gasteiger partial charge is 0.167 e. The van der Waals surface area contributed by atoms with Crippen molar-refractivity contribution in [2.75, 3.05) is 27.3 Å². The summed E-state index contributed by atoms with van der Waals surface area (Å²) in [6.07, 6.45) is 1.53. The molecule has 0 saturated carbocycles.